The van der Waals surface area contributed by atoms with E-state index in [2.05, 4.69) is 10.6 Å². The SMILES string of the molecule is CCOC(=O)Oc1ccc(C(=O)Nc2cccc(CNC(=O)C3CC3)c2)cc1. The van der Waals surface area contributed by atoms with Crippen LogP contribution >= 0.6 is 0 Å². The van der Waals surface area contributed by atoms with E-state index in [0.29, 0.717) is 23.5 Å². The van der Waals surface area contributed by atoms with Crippen molar-refractivity contribution in [3.05, 3.63) is 59.7 Å². The number of benzene rings is 2. The van der Waals surface area contributed by atoms with Crippen molar-refractivity contribution in [2.75, 3.05) is 11.9 Å². The highest BCUT2D eigenvalue weighted by atomic mass is 16.7. The molecule has 7 heteroatoms. The minimum atomic E-state index is -0.787. The Morgan fingerprint density at radius 3 is 2.50 bits per heavy atom. The molecule has 1 aliphatic carbocycles. The highest BCUT2D eigenvalue weighted by Crippen LogP contribution is 2.28. The molecule has 2 aromatic rings. The number of carbonyl (C=O) groups is 3. The van der Waals surface area contributed by atoms with Crippen LogP contribution in [0.1, 0.15) is 35.7 Å². The van der Waals surface area contributed by atoms with Crippen molar-refractivity contribution < 1.29 is 23.9 Å². The molecule has 1 aliphatic rings. The van der Waals surface area contributed by atoms with Crippen LogP contribution in [0.3, 0.4) is 0 Å². The smallest absolute Gasteiger partial charge is 0.434 e. The summed E-state index contributed by atoms with van der Waals surface area (Å²) in [6.45, 7) is 2.34. The molecule has 0 unspecified atom stereocenters. The molecule has 7 nitrogen and oxygen atoms in total. The van der Waals surface area contributed by atoms with Gasteiger partial charge in [0, 0.05) is 23.7 Å². The molecule has 0 atom stereocenters. The van der Waals surface area contributed by atoms with Crippen molar-refractivity contribution in [1.82, 2.24) is 5.32 Å². The van der Waals surface area contributed by atoms with Gasteiger partial charge in [-0.1, -0.05) is 12.1 Å². The summed E-state index contributed by atoms with van der Waals surface area (Å²) in [5.74, 6) is 0.253. The fraction of sp³-hybridized carbons (Fsp3) is 0.286. The van der Waals surface area contributed by atoms with E-state index < -0.39 is 6.16 Å². The first-order valence-electron chi connectivity index (χ1n) is 9.18. The zero-order valence-corrected chi connectivity index (χ0v) is 15.6. The summed E-state index contributed by atoms with van der Waals surface area (Å²) in [6, 6.07) is 13.5. The van der Waals surface area contributed by atoms with Crippen LogP contribution in [0.2, 0.25) is 0 Å². The molecule has 0 radical (unpaired) electrons. The molecule has 2 amide bonds. The molecule has 3 rings (SSSR count). The third-order valence-electron chi connectivity index (χ3n) is 4.18. The van der Waals surface area contributed by atoms with Gasteiger partial charge in [-0.15, -0.1) is 0 Å². The second kappa shape index (κ2) is 9.03. The summed E-state index contributed by atoms with van der Waals surface area (Å²) in [7, 11) is 0. The van der Waals surface area contributed by atoms with Gasteiger partial charge in [-0.25, -0.2) is 4.79 Å². The summed E-state index contributed by atoms with van der Waals surface area (Å²) in [5.41, 5.74) is 1.96. The molecule has 1 saturated carbocycles. The highest BCUT2D eigenvalue weighted by molar-refractivity contribution is 6.04. The van der Waals surface area contributed by atoms with Crippen LogP contribution in [0.5, 0.6) is 5.75 Å². The lowest BCUT2D eigenvalue weighted by atomic mass is 10.1. The first-order chi connectivity index (χ1) is 13.5. The van der Waals surface area contributed by atoms with Crippen molar-refractivity contribution in [2.24, 2.45) is 5.92 Å². The van der Waals surface area contributed by atoms with E-state index >= 15 is 0 Å². The van der Waals surface area contributed by atoms with Gasteiger partial charge in [-0.3, -0.25) is 9.59 Å². The molecule has 0 spiro atoms. The average molecular weight is 382 g/mol. The fourth-order valence-corrected chi connectivity index (χ4v) is 2.56. The van der Waals surface area contributed by atoms with Crippen molar-refractivity contribution in [1.29, 1.82) is 0 Å². The number of anilines is 1. The fourth-order valence-electron chi connectivity index (χ4n) is 2.56. The predicted octanol–water partition coefficient (Wildman–Crippen LogP) is 3.50. The van der Waals surface area contributed by atoms with Gasteiger partial charge in [-0.2, -0.15) is 0 Å². The monoisotopic (exact) mass is 382 g/mol. The second-order valence-corrected chi connectivity index (χ2v) is 6.46. The average Bonchev–Trinajstić information content (AvgIpc) is 3.52. The molecule has 0 aromatic heterocycles. The normalized spacial score (nSPS) is 12.8. The van der Waals surface area contributed by atoms with E-state index in [1.165, 1.54) is 12.1 Å². The number of rotatable bonds is 7. The molecular weight excluding hydrogens is 360 g/mol. The summed E-state index contributed by atoms with van der Waals surface area (Å²) < 4.78 is 9.66. The lowest BCUT2D eigenvalue weighted by Gasteiger charge is -2.09. The van der Waals surface area contributed by atoms with E-state index in [-0.39, 0.29) is 24.3 Å². The van der Waals surface area contributed by atoms with Gasteiger partial charge in [0.2, 0.25) is 5.91 Å². The number of amides is 2. The maximum atomic E-state index is 12.4. The third-order valence-corrected chi connectivity index (χ3v) is 4.18. The number of hydrogen-bond acceptors (Lipinski definition) is 5. The predicted molar refractivity (Wildman–Crippen MR) is 103 cm³/mol. The Bertz CT molecular complexity index is 859. The van der Waals surface area contributed by atoms with Gasteiger partial charge in [0.1, 0.15) is 5.75 Å². The zero-order valence-electron chi connectivity index (χ0n) is 15.6. The molecular formula is C21H22N2O5. The quantitative estimate of drug-likeness (QED) is 0.565. The van der Waals surface area contributed by atoms with Crippen LogP contribution in [0, 0.1) is 5.92 Å². The first kappa shape index (κ1) is 19.4. The van der Waals surface area contributed by atoms with Gasteiger partial charge < -0.3 is 20.1 Å². The number of ether oxygens (including phenoxy) is 2. The van der Waals surface area contributed by atoms with Crippen molar-refractivity contribution in [2.45, 2.75) is 26.3 Å². The largest absolute Gasteiger partial charge is 0.513 e. The molecule has 0 aliphatic heterocycles. The van der Waals surface area contributed by atoms with Gasteiger partial charge >= 0.3 is 6.16 Å². The first-order valence-corrected chi connectivity index (χ1v) is 9.18. The Labute approximate surface area is 163 Å². The molecule has 2 aromatic carbocycles. The van der Waals surface area contributed by atoms with Crippen LogP contribution in [0.15, 0.2) is 48.5 Å². The van der Waals surface area contributed by atoms with Gasteiger partial charge in [0.05, 0.1) is 6.61 Å². The van der Waals surface area contributed by atoms with Crippen LogP contribution in [-0.4, -0.2) is 24.6 Å². The minimum absolute atomic E-state index is 0.0829. The topological polar surface area (TPSA) is 93.7 Å². The second-order valence-electron chi connectivity index (χ2n) is 6.46. The Morgan fingerprint density at radius 2 is 1.82 bits per heavy atom. The van der Waals surface area contributed by atoms with Gasteiger partial charge in [0.15, 0.2) is 0 Å². The van der Waals surface area contributed by atoms with Crippen molar-refractivity contribution in [3.63, 3.8) is 0 Å². The van der Waals surface area contributed by atoms with Gasteiger partial charge in [0.25, 0.3) is 5.91 Å². The Balaban J connectivity index is 1.55. The van der Waals surface area contributed by atoms with Crippen LogP contribution < -0.4 is 15.4 Å². The van der Waals surface area contributed by atoms with E-state index in [4.69, 9.17) is 9.47 Å². The Hall–Kier alpha value is -3.35. The Morgan fingerprint density at radius 1 is 1.07 bits per heavy atom. The summed E-state index contributed by atoms with van der Waals surface area (Å²) in [4.78, 5) is 35.4. The molecule has 0 saturated heterocycles. The maximum Gasteiger partial charge on any atom is 0.513 e. The summed E-state index contributed by atoms with van der Waals surface area (Å²) in [6.07, 6.45) is 1.14. The van der Waals surface area contributed by atoms with Gasteiger partial charge in [-0.05, 0) is 61.7 Å². The van der Waals surface area contributed by atoms with Crippen LogP contribution in [0.25, 0.3) is 0 Å². The molecule has 2 N–H and O–H groups in total. The lowest BCUT2D eigenvalue weighted by molar-refractivity contribution is -0.122. The number of hydrogen-bond donors (Lipinski definition) is 2. The molecule has 0 bridgehead atoms. The number of carbonyl (C=O) groups excluding carboxylic acids is 3. The Kier molecular flexibility index (Phi) is 6.26. The van der Waals surface area contributed by atoms with Crippen molar-refractivity contribution >= 4 is 23.7 Å². The van der Waals surface area contributed by atoms with E-state index in [0.717, 1.165) is 18.4 Å². The minimum Gasteiger partial charge on any atom is -0.434 e. The maximum absolute atomic E-state index is 12.4. The molecule has 0 heterocycles. The summed E-state index contributed by atoms with van der Waals surface area (Å²) >= 11 is 0. The third kappa shape index (κ3) is 5.57. The van der Waals surface area contributed by atoms with Crippen LogP contribution in [0.4, 0.5) is 10.5 Å². The van der Waals surface area contributed by atoms with E-state index in [9.17, 15) is 14.4 Å². The van der Waals surface area contributed by atoms with E-state index in [1.807, 2.05) is 18.2 Å². The lowest BCUT2D eigenvalue weighted by Crippen LogP contribution is -2.24. The van der Waals surface area contributed by atoms with Crippen LogP contribution in [-0.2, 0) is 16.1 Å². The zero-order chi connectivity index (χ0) is 19.9. The molecule has 28 heavy (non-hydrogen) atoms. The highest BCUT2D eigenvalue weighted by Gasteiger charge is 2.29. The molecule has 1 fully saturated rings. The molecule has 146 valence electrons. The van der Waals surface area contributed by atoms with Crippen molar-refractivity contribution in [3.8, 4) is 5.75 Å². The number of nitrogens with one attached hydrogen (secondary N) is 2. The standard InChI is InChI=1S/C21H22N2O5/c1-2-27-21(26)28-18-10-8-16(9-11-18)20(25)23-17-5-3-4-14(12-17)13-22-19(24)15-6-7-15/h3-5,8-12,15H,2,6-7,13H2,1H3,(H,22,24)(H,23,25). The summed E-state index contributed by atoms with van der Waals surface area (Å²) in [5, 5.41) is 5.72. The van der Waals surface area contributed by atoms with E-state index in [1.54, 1.807) is 25.1 Å².